The van der Waals surface area contributed by atoms with Crippen molar-refractivity contribution in [3.05, 3.63) is 47.5 Å². The van der Waals surface area contributed by atoms with Gasteiger partial charge in [0.05, 0.1) is 40.6 Å². The van der Waals surface area contributed by atoms with Gasteiger partial charge >= 0.3 is 6.03 Å². The molecule has 2 heterocycles. The predicted octanol–water partition coefficient (Wildman–Crippen LogP) is 5.76. The van der Waals surface area contributed by atoms with Crippen LogP contribution in [0, 0.1) is 0 Å². The summed E-state index contributed by atoms with van der Waals surface area (Å²) in [4.78, 5) is 19.8. The Hall–Kier alpha value is -2.97. The number of urea groups is 1. The number of likely N-dealkylation sites (tertiary alicyclic amines) is 1. The van der Waals surface area contributed by atoms with Gasteiger partial charge in [0.25, 0.3) is 0 Å². The van der Waals surface area contributed by atoms with Crippen molar-refractivity contribution < 1.29 is 23.7 Å². The number of nitrogens with zero attached hydrogens (tertiary/aromatic N) is 3. The number of amides is 2. The first-order valence-corrected chi connectivity index (χ1v) is 15.0. The largest absolute Gasteiger partial charge is 0.496 e. The van der Waals surface area contributed by atoms with E-state index in [2.05, 4.69) is 30.0 Å². The van der Waals surface area contributed by atoms with Crippen molar-refractivity contribution >= 4 is 11.7 Å². The van der Waals surface area contributed by atoms with Crippen LogP contribution in [0.2, 0.25) is 0 Å². The highest BCUT2D eigenvalue weighted by atomic mass is 16.5. The number of benzene rings is 2. The fraction of sp³-hybridized carbons (Fsp3) is 0.594. The van der Waals surface area contributed by atoms with Gasteiger partial charge in [0, 0.05) is 37.0 Å². The Morgan fingerprint density at radius 1 is 0.800 bits per heavy atom. The summed E-state index contributed by atoms with van der Waals surface area (Å²) in [6.45, 7) is 9.59. The molecular weight excluding hydrogens is 506 g/mol. The molecular formula is C32H47N3O5. The van der Waals surface area contributed by atoms with Crippen molar-refractivity contribution in [3.63, 3.8) is 0 Å². The maximum absolute atomic E-state index is 13.6. The molecule has 40 heavy (non-hydrogen) atoms. The van der Waals surface area contributed by atoms with Crippen LogP contribution in [-0.4, -0.2) is 82.6 Å². The first-order chi connectivity index (χ1) is 19.6. The smallest absolute Gasteiger partial charge is 0.324 e. The summed E-state index contributed by atoms with van der Waals surface area (Å²) in [6.07, 6.45) is 7.60. The number of hydrogen-bond donors (Lipinski definition) is 0. The van der Waals surface area contributed by atoms with Gasteiger partial charge in [0.2, 0.25) is 0 Å². The highest BCUT2D eigenvalue weighted by Gasteiger charge is 2.28. The van der Waals surface area contributed by atoms with Crippen LogP contribution < -0.4 is 19.1 Å². The number of hydrogen-bond acceptors (Lipinski definition) is 6. The minimum Gasteiger partial charge on any atom is -0.496 e. The van der Waals surface area contributed by atoms with Gasteiger partial charge < -0.3 is 28.7 Å². The number of rotatable bonds is 16. The lowest BCUT2D eigenvalue weighted by atomic mass is 10.1. The van der Waals surface area contributed by atoms with Gasteiger partial charge in [-0.2, -0.15) is 0 Å². The zero-order valence-electron chi connectivity index (χ0n) is 24.7. The molecule has 0 radical (unpaired) electrons. The van der Waals surface area contributed by atoms with Crippen LogP contribution in [0.3, 0.4) is 0 Å². The van der Waals surface area contributed by atoms with Gasteiger partial charge in [-0.15, -0.1) is 0 Å². The van der Waals surface area contributed by atoms with Crippen molar-refractivity contribution in [1.29, 1.82) is 0 Å². The molecule has 2 aliphatic heterocycles. The molecule has 0 atom stereocenters. The topological polar surface area (TPSA) is 63.7 Å². The Bertz CT molecular complexity index is 1070. The normalized spacial score (nSPS) is 16.0. The number of methoxy groups -OCH3 is 2. The molecule has 220 valence electrons. The summed E-state index contributed by atoms with van der Waals surface area (Å²) >= 11 is 0. The molecule has 8 heteroatoms. The Morgan fingerprint density at radius 2 is 1.62 bits per heavy atom. The quantitative estimate of drug-likeness (QED) is 0.246. The molecule has 4 rings (SSSR count). The molecule has 0 unspecified atom stereocenters. The second-order valence-electron chi connectivity index (χ2n) is 10.7. The fourth-order valence-corrected chi connectivity index (χ4v) is 5.42. The molecule has 0 aliphatic carbocycles. The molecule has 2 saturated heterocycles. The lowest BCUT2D eigenvalue weighted by molar-refractivity contribution is 0.113. The predicted molar refractivity (Wildman–Crippen MR) is 159 cm³/mol. The van der Waals surface area contributed by atoms with E-state index in [4.69, 9.17) is 18.9 Å². The van der Waals surface area contributed by atoms with Crippen LogP contribution in [0.4, 0.5) is 10.5 Å². The Kier molecular flexibility index (Phi) is 11.8. The molecule has 0 saturated carbocycles. The van der Waals surface area contributed by atoms with Crippen LogP contribution >= 0.6 is 0 Å². The monoisotopic (exact) mass is 553 g/mol. The number of anilines is 1. The van der Waals surface area contributed by atoms with E-state index in [1.54, 1.807) is 14.2 Å². The first kappa shape index (κ1) is 30.0. The van der Waals surface area contributed by atoms with E-state index < -0.39 is 0 Å². The summed E-state index contributed by atoms with van der Waals surface area (Å²) in [7, 11) is 3.34. The van der Waals surface area contributed by atoms with E-state index in [1.807, 2.05) is 28.0 Å². The van der Waals surface area contributed by atoms with Crippen LogP contribution in [0.15, 0.2) is 36.4 Å². The second kappa shape index (κ2) is 15.7. The average molecular weight is 554 g/mol. The molecule has 2 fully saturated rings. The highest BCUT2D eigenvalue weighted by molar-refractivity contribution is 5.93. The Balaban J connectivity index is 1.34. The third-order valence-corrected chi connectivity index (χ3v) is 7.77. The molecule has 2 amide bonds. The van der Waals surface area contributed by atoms with Gasteiger partial charge in [-0.1, -0.05) is 31.9 Å². The lowest BCUT2D eigenvalue weighted by Crippen LogP contribution is -2.49. The van der Waals surface area contributed by atoms with Gasteiger partial charge in [-0.25, -0.2) is 4.79 Å². The molecule has 2 aromatic rings. The zero-order valence-corrected chi connectivity index (χ0v) is 24.7. The summed E-state index contributed by atoms with van der Waals surface area (Å²) in [5, 5.41) is 0. The molecule has 2 aliphatic rings. The highest BCUT2D eigenvalue weighted by Crippen LogP contribution is 2.34. The molecule has 2 aromatic carbocycles. The minimum atomic E-state index is -0.00844. The van der Waals surface area contributed by atoms with Crippen LogP contribution in [0.5, 0.6) is 17.2 Å². The zero-order chi connectivity index (χ0) is 28.2. The van der Waals surface area contributed by atoms with Gasteiger partial charge in [-0.05, 0) is 69.0 Å². The molecule has 8 nitrogen and oxygen atoms in total. The third-order valence-electron chi connectivity index (χ3n) is 7.77. The lowest BCUT2D eigenvalue weighted by Gasteiger charge is -2.36. The Labute approximate surface area is 240 Å². The molecule has 0 N–H and O–H groups in total. The van der Waals surface area contributed by atoms with E-state index in [-0.39, 0.29) is 6.03 Å². The van der Waals surface area contributed by atoms with Gasteiger partial charge in [0.1, 0.15) is 5.75 Å². The summed E-state index contributed by atoms with van der Waals surface area (Å²) in [5.41, 5.74) is 3.01. The van der Waals surface area contributed by atoms with Crippen molar-refractivity contribution in [2.75, 3.05) is 71.7 Å². The fourth-order valence-electron chi connectivity index (χ4n) is 5.42. The van der Waals surface area contributed by atoms with Crippen molar-refractivity contribution in [1.82, 2.24) is 9.80 Å². The van der Waals surface area contributed by atoms with E-state index >= 15 is 0 Å². The Morgan fingerprint density at radius 3 is 2.40 bits per heavy atom. The van der Waals surface area contributed by atoms with Crippen molar-refractivity contribution in [3.8, 4) is 17.2 Å². The molecule has 0 aromatic heterocycles. The third kappa shape index (κ3) is 8.27. The summed E-state index contributed by atoms with van der Waals surface area (Å²) in [5.74, 6) is 2.17. The van der Waals surface area contributed by atoms with E-state index in [0.717, 1.165) is 62.3 Å². The van der Waals surface area contributed by atoms with Gasteiger partial charge in [-0.3, -0.25) is 4.90 Å². The van der Waals surface area contributed by atoms with Crippen LogP contribution in [0.1, 0.15) is 56.6 Å². The second-order valence-corrected chi connectivity index (χ2v) is 10.7. The summed E-state index contributed by atoms with van der Waals surface area (Å²) in [6, 6.07) is 12.0. The van der Waals surface area contributed by atoms with Crippen molar-refractivity contribution in [2.24, 2.45) is 0 Å². The number of ether oxygens (including phenoxy) is 4. The average Bonchev–Trinajstić information content (AvgIpc) is 3.50. The molecule has 0 spiro atoms. The van der Waals surface area contributed by atoms with E-state index in [0.29, 0.717) is 44.3 Å². The van der Waals surface area contributed by atoms with Crippen molar-refractivity contribution in [2.45, 2.75) is 58.4 Å². The number of carbonyl (C=O) groups is 1. The van der Waals surface area contributed by atoms with E-state index in [1.165, 1.54) is 31.5 Å². The standard InChI is InChI=1S/C32H47N3O5/c1-4-5-8-20-40-31-24-28(12-13-29(31)37-2)35-18-9-17-34(32(35)36)25-27-11-10-26(23-30(27)38-3)14-21-39-22-19-33-15-6-7-16-33/h10-13,23-24H,4-9,14-22,25H2,1-3H3. The van der Waals surface area contributed by atoms with Crippen LogP contribution in [-0.2, 0) is 17.7 Å². The maximum atomic E-state index is 13.6. The SMILES string of the molecule is CCCCCOc1cc(N2CCCN(Cc3ccc(CCOCCN4CCCC4)cc3OC)C2=O)ccc1OC. The van der Waals surface area contributed by atoms with E-state index in [9.17, 15) is 4.79 Å². The first-order valence-electron chi connectivity index (χ1n) is 15.0. The number of unbranched alkanes of at least 4 members (excludes halogenated alkanes) is 2. The number of carbonyl (C=O) groups excluding carboxylic acids is 1. The van der Waals surface area contributed by atoms with Gasteiger partial charge in [0.15, 0.2) is 11.5 Å². The molecule has 0 bridgehead atoms. The minimum absolute atomic E-state index is 0.00844. The van der Waals surface area contributed by atoms with Crippen LogP contribution in [0.25, 0.3) is 0 Å². The summed E-state index contributed by atoms with van der Waals surface area (Å²) < 4.78 is 23.1. The maximum Gasteiger partial charge on any atom is 0.324 e.